The summed E-state index contributed by atoms with van der Waals surface area (Å²) in [5.74, 6) is 0. The third-order valence-corrected chi connectivity index (χ3v) is 8.74. The first kappa shape index (κ1) is 23.6. The molecule has 0 saturated carbocycles. The first-order valence-corrected chi connectivity index (χ1v) is 9.49. The average Bonchev–Trinajstić information content (AvgIpc) is 2.59. The maximum atomic E-state index is 6.58. The molecule has 5 heteroatoms. The molecule has 0 spiro atoms. The topological polar surface area (TPSA) is 33.5 Å². The maximum absolute atomic E-state index is 6.58. The van der Waals surface area contributed by atoms with E-state index in [4.69, 9.17) is 11.6 Å². The second-order valence-electron chi connectivity index (χ2n) is 4.94. The molecule has 0 aromatic heterocycles. The minimum Gasteiger partial charge on any atom is -1.00 e. The molecule has 3 aromatic carbocycles. The van der Waals surface area contributed by atoms with Crippen molar-refractivity contribution in [2.24, 2.45) is 0 Å². The van der Waals surface area contributed by atoms with Gasteiger partial charge in [-0.3, -0.25) is 0 Å². The van der Waals surface area contributed by atoms with Crippen molar-refractivity contribution < 1.29 is 42.0 Å². The van der Waals surface area contributed by atoms with Crippen LogP contribution >= 0.6 is 18.9 Å². The summed E-state index contributed by atoms with van der Waals surface area (Å²) in [5, 5.41) is 3.99. The standard InChI is InChI=1S/C19H17ClP.ClH.H2N.Na/c20-16-21(17-10-4-1-5-11-17,18-12-6-2-7-13-18)19-14-8-3-9-15-19;;;/h1-15H,16H2;1H;1H2;/q+1;;-1;+1/p-1. The Kier molecular flexibility index (Phi) is 11.1. The predicted molar refractivity (Wildman–Crippen MR) is 101 cm³/mol. The van der Waals surface area contributed by atoms with Crippen LogP contribution in [-0.2, 0) is 0 Å². The van der Waals surface area contributed by atoms with Crippen molar-refractivity contribution in [1.29, 1.82) is 0 Å². The minimum atomic E-state index is -1.77. The Morgan fingerprint density at radius 2 is 0.833 bits per heavy atom. The van der Waals surface area contributed by atoms with Crippen LogP contribution < -0.4 is 57.9 Å². The molecule has 3 aromatic rings. The zero-order chi connectivity index (χ0) is 14.5. The van der Waals surface area contributed by atoms with Gasteiger partial charge in [-0.05, 0) is 36.4 Å². The summed E-state index contributed by atoms with van der Waals surface area (Å²) in [7, 11) is -1.77. The molecule has 24 heavy (non-hydrogen) atoms. The molecule has 0 aliphatic heterocycles. The van der Waals surface area contributed by atoms with E-state index in [-0.39, 0.29) is 48.1 Å². The Bertz CT molecular complexity index is 600. The van der Waals surface area contributed by atoms with Gasteiger partial charge in [0.1, 0.15) is 28.8 Å². The van der Waals surface area contributed by atoms with Crippen molar-refractivity contribution in [2.75, 3.05) is 5.62 Å². The molecule has 0 bridgehead atoms. The van der Waals surface area contributed by atoms with E-state index in [1.54, 1.807) is 0 Å². The van der Waals surface area contributed by atoms with Gasteiger partial charge in [-0.1, -0.05) is 66.2 Å². The van der Waals surface area contributed by atoms with Crippen molar-refractivity contribution in [1.82, 2.24) is 0 Å². The Labute approximate surface area is 178 Å². The molecule has 0 heterocycles. The first-order chi connectivity index (χ1) is 10.4. The monoisotopic (exact) mass is 385 g/mol. The van der Waals surface area contributed by atoms with Crippen molar-refractivity contribution in [3.05, 3.63) is 97.1 Å². The van der Waals surface area contributed by atoms with Gasteiger partial charge in [0.2, 0.25) is 0 Å². The van der Waals surface area contributed by atoms with Crippen molar-refractivity contribution >= 4 is 34.8 Å². The Hall–Kier alpha value is -0.370. The predicted octanol–water partition coefficient (Wildman–Crippen LogP) is -1.10. The molecule has 0 aliphatic rings. The van der Waals surface area contributed by atoms with E-state index in [1.807, 2.05) is 0 Å². The maximum Gasteiger partial charge on any atom is 1.00 e. The van der Waals surface area contributed by atoms with Gasteiger partial charge in [-0.2, -0.15) is 0 Å². The summed E-state index contributed by atoms with van der Waals surface area (Å²) in [6, 6.07) is 32.0. The van der Waals surface area contributed by atoms with E-state index in [9.17, 15) is 0 Å². The number of halogens is 2. The van der Waals surface area contributed by atoms with E-state index in [0.717, 1.165) is 0 Å². The van der Waals surface area contributed by atoms with Gasteiger partial charge in [0.15, 0.2) is 0 Å². The van der Waals surface area contributed by atoms with Gasteiger partial charge in [0.05, 0.1) is 0 Å². The van der Waals surface area contributed by atoms with E-state index in [2.05, 4.69) is 91.0 Å². The molecule has 0 amide bonds. The molecule has 0 saturated heterocycles. The Morgan fingerprint density at radius 1 is 0.583 bits per heavy atom. The van der Waals surface area contributed by atoms with Crippen LogP contribution in [0.3, 0.4) is 0 Å². The number of alkyl halides is 1. The molecule has 0 radical (unpaired) electrons. The summed E-state index contributed by atoms with van der Waals surface area (Å²) in [4.78, 5) is 0. The van der Waals surface area contributed by atoms with Gasteiger partial charge in [0.25, 0.3) is 0 Å². The van der Waals surface area contributed by atoms with Crippen LogP contribution in [0.15, 0.2) is 91.0 Å². The molecule has 0 atom stereocenters. The molecule has 2 N–H and O–H groups in total. The summed E-state index contributed by atoms with van der Waals surface area (Å²) < 4.78 is 0. The van der Waals surface area contributed by atoms with E-state index >= 15 is 0 Å². The zero-order valence-electron chi connectivity index (χ0n) is 13.6. The van der Waals surface area contributed by atoms with E-state index < -0.39 is 7.26 Å². The molecule has 3 rings (SSSR count). The zero-order valence-corrected chi connectivity index (χ0v) is 18.1. The van der Waals surface area contributed by atoms with E-state index in [1.165, 1.54) is 15.9 Å². The average molecular weight is 386 g/mol. The minimum absolute atomic E-state index is 0. The molecule has 0 aliphatic carbocycles. The van der Waals surface area contributed by atoms with Crippen LogP contribution in [0.4, 0.5) is 0 Å². The van der Waals surface area contributed by atoms with Gasteiger partial charge in [0, 0.05) is 0 Å². The fourth-order valence-electron chi connectivity index (χ4n) is 2.70. The summed E-state index contributed by atoms with van der Waals surface area (Å²) in [6.07, 6.45) is 0. The number of benzene rings is 3. The summed E-state index contributed by atoms with van der Waals surface area (Å²) in [5.41, 5.74) is 0.616. The van der Waals surface area contributed by atoms with Gasteiger partial charge < -0.3 is 18.6 Å². The number of hydrogen-bond acceptors (Lipinski definition) is 0. The van der Waals surface area contributed by atoms with Crippen LogP contribution in [0, 0.1) is 0 Å². The normalized spacial score (nSPS) is 9.88. The second-order valence-corrected chi connectivity index (χ2v) is 9.06. The van der Waals surface area contributed by atoms with Crippen LogP contribution in [0.2, 0.25) is 0 Å². The number of rotatable bonds is 4. The summed E-state index contributed by atoms with van der Waals surface area (Å²) in [6.45, 7) is 0. The molecule has 0 fully saturated rings. The molecule has 0 unspecified atom stereocenters. The smallest absolute Gasteiger partial charge is 1.00 e. The van der Waals surface area contributed by atoms with Crippen molar-refractivity contribution in [3.8, 4) is 0 Å². The fourth-order valence-corrected chi connectivity index (χ4v) is 7.30. The third-order valence-electron chi connectivity index (χ3n) is 3.77. The largest absolute Gasteiger partial charge is 1.00 e. The van der Waals surface area contributed by atoms with Gasteiger partial charge in [-0.25, -0.2) is 0 Å². The van der Waals surface area contributed by atoms with Crippen LogP contribution in [-0.4, -0.2) is 5.62 Å². The van der Waals surface area contributed by atoms with Crippen LogP contribution in [0.5, 0.6) is 0 Å². The summed E-state index contributed by atoms with van der Waals surface area (Å²) >= 11 is 6.58. The fraction of sp³-hybridized carbons (Fsp3) is 0.0526. The second kappa shape index (κ2) is 11.3. The third kappa shape index (κ3) is 4.62. The molecular formula is C19H19Cl2NNaP. The van der Waals surface area contributed by atoms with Gasteiger partial charge >= 0.3 is 29.6 Å². The molecule has 1 nitrogen and oxygen atoms in total. The van der Waals surface area contributed by atoms with Crippen molar-refractivity contribution in [2.45, 2.75) is 0 Å². The number of nitrogens with two attached hydrogens (primary N) is 1. The Morgan fingerprint density at radius 3 is 1.04 bits per heavy atom. The number of hydrogen-bond donors (Lipinski definition) is 0. The van der Waals surface area contributed by atoms with E-state index in [0.29, 0.717) is 5.62 Å². The van der Waals surface area contributed by atoms with Crippen molar-refractivity contribution in [3.63, 3.8) is 0 Å². The molecule has 120 valence electrons. The first-order valence-electron chi connectivity index (χ1n) is 6.99. The Balaban J connectivity index is 0.00000176. The SMILES string of the molecule is ClC[P+](c1ccccc1)(c1ccccc1)c1ccccc1.[Cl-].[NH2-].[Na+]. The van der Waals surface area contributed by atoms with Crippen LogP contribution in [0.25, 0.3) is 6.15 Å². The van der Waals surface area contributed by atoms with Crippen LogP contribution in [0.1, 0.15) is 0 Å². The van der Waals surface area contributed by atoms with Gasteiger partial charge in [-0.15, -0.1) is 0 Å². The molecular weight excluding hydrogens is 367 g/mol. The quantitative estimate of drug-likeness (QED) is 0.310.